The lowest BCUT2D eigenvalue weighted by molar-refractivity contribution is 0.0717. The van der Waals surface area contributed by atoms with Crippen molar-refractivity contribution in [2.45, 2.75) is 25.8 Å². The normalized spacial score (nSPS) is 17.7. The molecule has 4 rings (SSSR count). The summed E-state index contributed by atoms with van der Waals surface area (Å²) in [6.07, 6.45) is 7.07. The maximum Gasteiger partial charge on any atom is 0.257 e. The molecule has 0 aromatic carbocycles. The van der Waals surface area contributed by atoms with Crippen LogP contribution in [0.5, 0.6) is 0 Å². The first kappa shape index (κ1) is 17.0. The summed E-state index contributed by atoms with van der Waals surface area (Å²) in [5.74, 6) is 1.00. The zero-order chi connectivity index (χ0) is 18.3. The van der Waals surface area contributed by atoms with Gasteiger partial charge in [-0.15, -0.1) is 11.3 Å². The molecular formula is C18H22N6OS. The van der Waals surface area contributed by atoms with Crippen molar-refractivity contribution in [2.24, 2.45) is 7.05 Å². The molecule has 1 saturated heterocycles. The third-order valence-electron chi connectivity index (χ3n) is 5.03. The van der Waals surface area contributed by atoms with Gasteiger partial charge in [-0.05, 0) is 30.7 Å². The molecule has 0 saturated carbocycles. The minimum atomic E-state index is 0.0183. The highest BCUT2D eigenvalue weighted by atomic mass is 32.1. The Morgan fingerprint density at radius 2 is 2.23 bits per heavy atom. The molecule has 7 nitrogen and oxygen atoms in total. The molecule has 1 atom stereocenters. The van der Waals surface area contributed by atoms with Crippen molar-refractivity contribution in [3.63, 3.8) is 0 Å². The van der Waals surface area contributed by atoms with Gasteiger partial charge in [0.05, 0.1) is 22.0 Å². The number of thiophene rings is 1. The van der Waals surface area contributed by atoms with Gasteiger partial charge >= 0.3 is 0 Å². The van der Waals surface area contributed by atoms with E-state index in [1.165, 1.54) is 5.56 Å². The highest BCUT2D eigenvalue weighted by Gasteiger charge is 2.29. The first-order valence-electron chi connectivity index (χ1n) is 8.74. The molecule has 0 radical (unpaired) electrons. The number of amides is 1. The van der Waals surface area contributed by atoms with Crippen molar-refractivity contribution >= 4 is 33.3 Å². The summed E-state index contributed by atoms with van der Waals surface area (Å²) in [6.45, 7) is 3.81. The van der Waals surface area contributed by atoms with Gasteiger partial charge in [-0.1, -0.05) is 0 Å². The van der Waals surface area contributed by atoms with E-state index in [-0.39, 0.29) is 11.9 Å². The number of aromatic nitrogens is 4. The largest absolute Gasteiger partial charge is 0.353 e. The van der Waals surface area contributed by atoms with E-state index in [4.69, 9.17) is 0 Å². The molecule has 1 amide bonds. The molecular weight excluding hydrogens is 348 g/mol. The quantitative estimate of drug-likeness (QED) is 0.709. The third kappa shape index (κ3) is 2.94. The zero-order valence-electron chi connectivity index (χ0n) is 15.2. The monoisotopic (exact) mass is 370 g/mol. The van der Waals surface area contributed by atoms with E-state index in [1.54, 1.807) is 34.7 Å². The molecule has 136 valence electrons. The number of fused-ring (bicyclic) bond motifs is 1. The topological polar surface area (TPSA) is 67.2 Å². The second kappa shape index (κ2) is 6.68. The first-order chi connectivity index (χ1) is 12.5. The first-order valence-corrected chi connectivity index (χ1v) is 9.62. The van der Waals surface area contributed by atoms with Gasteiger partial charge in [-0.2, -0.15) is 5.10 Å². The number of carbonyl (C=O) groups is 1. The van der Waals surface area contributed by atoms with E-state index < -0.39 is 0 Å². The van der Waals surface area contributed by atoms with E-state index in [2.05, 4.69) is 32.3 Å². The number of carbonyl (C=O) groups excluding carboxylic acids is 1. The Labute approximate surface area is 156 Å². The number of anilines is 1. The number of rotatable bonds is 3. The van der Waals surface area contributed by atoms with Crippen LogP contribution in [0, 0.1) is 6.92 Å². The Kier molecular flexibility index (Phi) is 4.36. The molecule has 0 N–H and O–H groups in total. The van der Waals surface area contributed by atoms with Gasteiger partial charge in [0.15, 0.2) is 0 Å². The lowest BCUT2D eigenvalue weighted by Gasteiger charge is -2.38. The van der Waals surface area contributed by atoms with Gasteiger partial charge in [0.2, 0.25) is 0 Å². The van der Waals surface area contributed by atoms with Crippen molar-refractivity contribution in [3.05, 3.63) is 35.2 Å². The van der Waals surface area contributed by atoms with E-state index in [9.17, 15) is 4.79 Å². The summed E-state index contributed by atoms with van der Waals surface area (Å²) in [5, 5.41) is 6.23. The summed E-state index contributed by atoms with van der Waals surface area (Å²) in [6, 6.07) is 0.155. The van der Waals surface area contributed by atoms with Crippen LogP contribution in [0.1, 0.15) is 28.8 Å². The number of hydrogen-bond acceptors (Lipinski definition) is 6. The number of aryl methyl sites for hydroxylation is 2. The lowest BCUT2D eigenvalue weighted by atomic mass is 10.0. The number of nitrogens with zero attached hydrogens (tertiary/aromatic N) is 6. The molecule has 26 heavy (non-hydrogen) atoms. The Bertz CT molecular complexity index is 948. The second-order valence-electron chi connectivity index (χ2n) is 6.85. The summed E-state index contributed by atoms with van der Waals surface area (Å²) in [4.78, 5) is 25.9. The molecule has 0 spiro atoms. The second-order valence-corrected chi connectivity index (χ2v) is 7.73. The lowest BCUT2D eigenvalue weighted by Crippen LogP contribution is -2.48. The molecule has 3 aromatic heterocycles. The Balaban J connectivity index is 1.56. The maximum absolute atomic E-state index is 12.7. The molecule has 4 heterocycles. The van der Waals surface area contributed by atoms with Crippen LogP contribution in [0.2, 0.25) is 0 Å². The minimum Gasteiger partial charge on any atom is -0.353 e. The summed E-state index contributed by atoms with van der Waals surface area (Å²) < 4.78 is 2.79. The van der Waals surface area contributed by atoms with Crippen molar-refractivity contribution in [1.82, 2.24) is 24.6 Å². The van der Waals surface area contributed by atoms with Crippen LogP contribution in [0.3, 0.4) is 0 Å². The standard InChI is InChI=1S/C18H22N6OS/c1-12-10-26-16-15(12)19-11-20-17(16)24-6-4-5-14(9-24)23(3)18(25)13-7-21-22(2)8-13/h7-8,10-11,14H,4-6,9H2,1-3H3. The van der Waals surface area contributed by atoms with Crippen molar-refractivity contribution in [2.75, 3.05) is 25.0 Å². The number of piperidine rings is 1. The van der Waals surface area contributed by atoms with Crippen LogP contribution in [0.4, 0.5) is 5.82 Å². The Morgan fingerprint density at radius 3 is 3.00 bits per heavy atom. The molecule has 1 unspecified atom stereocenters. The molecule has 3 aromatic rings. The average Bonchev–Trinajstić information content (AvgIpc) is 3.27. The minimum absolute atomic E-state index is 0.0183. The van der Waals surface area contributed by atoms with E-state index in [0.29, 0.717) is 5.56 Å². The highest BCUT2D eigenvalue weighted by molar-refractivity contribution is 7.18. The van der Waals surface area contributed by atoms with Crippen LogP contribution < -0.4 is 4.90 Å². The molecule has 1 aliphatic heterocycles. The molecule has 0 aliphatic carbocycles. The van der Waals surface area contributed by atoms with E-state index >= 15 is 0 Å². The average molecular weight is 370 g/mol. The van der Waals surface area contributed by atoms with Crippen LogP contribution in [0.15, 0.2) is 24.1 Å². The van der Waals surface area contributed by atoms with Gasteiger partial charge in [0, 0.05) is 39.4 Å². The van der Waals surface area contributed by atoms with Crippen LogP contribution >= 0.6 is 11.3 Å². The Hall–Kier alpha value is -2.48. The SMILES string of the molecule is Cc1csc2c(N3CCCC(N(C)C(=O)c4cnn(C)c4)C3)ncnc12. The van der Waals surface area contributed by atoms with Crippen molar-refractivity contribution in [1.29, 1.82) is 0 Å². The van der Waals surface area contributed by atoms with Crippen molar-refractivity contribution < 1.29 is 4.79 Å². The molecule has 1 fully saturated rings. The highest BCUT2D eigenvalue weighted by Crippen LogP contribution is 2.32. The van der Waals surface area contributed by atoms with Crippen LogP contribution in [-0.4, -0.2) is 56.7 Å². The summed E-state index contributed by atoms with van der Waals surface area (Å²) in [5.41, 5.74) is 2.85. The molecule has 0 bridgehead atoms. The van der Waals surface area contributed by atoms with Gasteiger partial charge in [0.1, 0.15) is 12.1 Å². The predicted octanol–water partition coefficient (Wildman–Crippen LogP) is 2.47. The van der Waals surface area contributed by atoms with Gasteiger partial charge in [0.25, 0.3) is 5.91 Å². The third-order valence-corrected chi connectivity index (χ3v) is 6.11. The summed E-state index contributed by atoms with van der Waals surface area (Å²) >= 11 is 1.69. The number of likely N-dealkylation sites (N-methyl/N-ethyl adjacent to an activating group) is 1. The molecule has 1 aliphatic rings. The van der Waals surface area contributed by atoms with Gasteiger partial charge in [-0.3, -0.25) is 9.48 Å². The summed E-state index contributed by atoms with van der Waals surface area (Å²) in [7, 11) is 3.71. The van der Waals surface area contributed by atoms with E-state index in [1.807, 2.05) is 19.0 Å². The number of hydrogen-bond donors (Lipinski definition) is 0. The van der Waals surface area contributed by atoms with Crippen molar-refractivity contribution in [3.8, 4) is 0 Å². The van der Waals surface area contributed by atoms with E-state index in [0.717, 1.165) is 42.0 Å². The zero-order valence-corrected chi connectivity index (χ0v) is 16.0. The van der Waals surface area contributed by atoms with Crippen LogP contribution in [0.25, 0.3) is 10.2 Å². The van der Waals surface area contributed by atoms with Crippen LogP contribution in [-0.2, 0) is 7.05 Å². The fraction of sp³-hybridized carbons (Fsp3) is 0.444. The fourth-order valence-electron chi connectivity index (χ4n) is 3.55. The molecule has 8 heteroatoms. The smallest absolute Gasteiger partial charge is 0.257 e. The van der Waals surface area contributed by atoms with Gasteiger partial charge < -0.3 is 9.80 Å². The fourth-order valence-corrected chi connectivity index (χ4v) is 4.57. The maximum atomic E-state index is 12.7. The Morgan fingerprint density at radius 1 is 1.38 bits per heavy atom. The predicted molar refractivity (Wildman–Crippen MR) is 103 cm³/mol. The van der Waals surface area contributed by atoms with Gasteiger partial charge in [-0.25, -0.2) is 9.97 Å².